The molecule has 0 spiro atoms. The number of pyridine rings is 1. The van der Waals surface area contributed by atoms with Gasteiger partial charge in [-0.15, -0.1) is 0 Å². The maximum Gasteiger partial charge on any atom is 0.235 e. The summed E-state index contributed by atoms with van der Waals surface area (Å²) in [5.41, 5.74) is 6.24. The van der Waals surface area contributed by atoms with Crippen molar-refractivity contribution in [3.05, 3.63) is 30.1 Å². The zero-order valence-corrected chi connectivity index (χ0v) is 7.18. The van der Waals surface area contributed by atoms with E-state index in [9.17, 15) is 0 Å². The molecule has 0 aliphatic carbocycles. The van der Waals surface area contributed by atoms with Crippen molar-refractivity contribution in [3.63, 3.8) is 0 Å². The van der Waals surface area contributed by atoms with Gasteiger partial charge in [-0.05, 0) is 12.1 Å². The topological polar surface area (TPSA) is 60.5 Å². The van der Waals surface area contributed by atoms with E-state index in [1.165, 1.54) is 0 Å². The van der Waals surface area contributed by atoms with E-state index in [2.05, 4.69) is 9.98 Å². The second-order valence-electron chi connectivity index (χ2n) is 2.85. The highest BCUT2D eigenvalue weighted by atomic mass is 16.5. The highest BCUT2D eigenvalue weighted by molar-refractivity contribution is 5.93. The Kier molecular flexibility index (Phi) is 2.23. The van der Waals surface area contributed by atoms with Crippen molar-refractivity contribution in [3.8, 4) is 0 Å². The highest BCUT2D eigenvalue weighted by Gasteiger charge is 2.18. The van der Waals surface area contributed by atoms with E-state index in [-0.39, 0.29) is 6.04 Å². The van der Waals surface area contributed by atoms with Gasteiger partial charge in [-0.3, -0.25) is 4.98 Å². The van der Waals surface area contributed by atoms with Crippen LogP contribution in [0.15, 0.2) is 29.4 Å². The number of rotatable bonds is 2. The minimum atomic E-state index is 0.0945. The zero-order chi connectivity index (χ0) is 9.10. The van der Waals surface area contributed by atoms with E-state index < -0.39 is 0 Å². The summed E-state index contributed by atoms with van der Waals surface area (Å²) < 4.78 is 5.35. The van der Waals surface area contributed by atoms with E-state index >= 15 is 0 Å². The summed E-state index contributed by atoms with van der Waals surface area (Å²) in [5, 5.41) is 0. The molecule has 68 valence electrons. The van der Waals surface area contributed by atoms with Crippen molar-refractivity contribution >= 4 is 5.90 Å². The molecule has 2 heterocycles. The Morgan fingerprint density at radius 3 is 3.08 bits per heavy atom. The summed E-state index contributed by atoms with van der Waals surface area (Å²) in [6.45, 7) is 1.10. The van der Waals surface area contributed by atoms with Crippen LogP contribution in [0.1, 0.15) is 5.69 Å². The van der Waals surface area contributed by atoms with Gasteiger partial charge in [-0.2, -0.15) is 0 Å². The average Bonchev–Trinajstić information content (AvgIpc) is 2.67. The van der Waals surface area contributed by atoms with E-state index in [0.29, 0.717) is 19.0 Å². The van der Waals surface area contributed by atoms with Gasteiger partial charge in [-0.1, -0.05) is 6.07 Å². The Bertz CT molecular complexity index is 310. The molecule has 0 radical (unpaired) electrons. The largest absolute Gasteiger partial charge is 0.474 e. The second kappa shape index (κ2) is 3.53. The van der Waals surface area contributed by atoms with Crippen LogP contribution in [0.3, 0.4) is 0 Å². The lowest BCUT2D eigenvalue weighted by atomic mass is 10.3. The first kappa shape index (κ1) is 8.19. The van der Waals surface area contributed by atoms with Gasteiger partial charge in [0.05, 0.1) is 0 Å². The zero-order valence-electron chi connectivity index (χ0n) is 7.18. The Balaban J connectivity index is 2.19. The molecule has 1 aromatic rings. The predicted molar refractivity (Wildman–Crippen MR) is 49.6 cm³/mol. The molecule has 4 nitrogen and oxygen atoms in total. The van der Waals surface area contributed by atoms with Gasteiger partial charge in [-0.25, -0.2) is 4.99 Å². The number of ether oxygens (including phenoxy) is 1. The molecule has 1 aliphatic rings. The Morgan fingerprint density at radius 2 is 2.46 bits per heavy atom. The summed E-state index contributed by atoms with van der Waals surface area (Å²) in [6, 6.07) is 5.73. The fraction of sp³-hybridized carbons (Fsp3) is 0.333. The molecule has 0 saturated heterocycles. The lowest BCUT2D eigenvalue weighted by molar-refractivity contribution is 0.319. The fourth-order valence-corrected chi connectivity index (χ4v) is 1.17. The molecule has 0 unspecified atom stereocenters. The van der Waals surface area contributed by atoms with Crippen molar-refractivity contribution in [2.45, 2.75) is 6.04 Å². The second-order valence-corrected chi connectivity index (χ2v) is 2.85. The molecular weight excluding hydrogens is 166 g/mol. The fourth-order valence-electron chi connectivity index (χ4n) is 1.17. The monoisotopic (exact) mass is 177 g/mol. The number of nitrogens with two attached hydrogens (primary N) is 1. The van der Waals surface area contributed by atoms with Gasteiger partial charge in [0.15, 0.2) is 0 Å². The Labute approximate surface area is 76.5 Å². The van der Waals surface area contributed by atoms with Gasteiger partial charge in [0.25, 0.3) is 0 Å². The Hall–Kier alpha value is -1.42. The maximum atomic E-state index is 5.47. The molecule has 0 saturated carbocycles. The lowest BCUT2D eigenvalue weighted by Crippen LogP contribution is -2.18. The van der Waals surface area contributed by atoms with Crippen molar-refractivity contribution in [2.24, 2.45) is 10.7 Å². The van der Waals surface area contributed by atoms with Crippen LogP contribution >= 0.6 is 0 Å². The number of aliphatic imine (C=N–C) groups is 1. The molecule has 0 aromatic carbocycles. The van der Waals surface area contributed by atoms with E-state index in [1.54, 1.807) is 6.20 Å². The van der Waals surface area contributed by atoms with Crippen LogP contribution in [0.25, 0.3) is 0 Å². The lowest BCUT2D eigenvalue weighted by Gasteiger charge is -1.98. The van der Waals surface area contributed by atoms with Crippen molar-refractivity contribution in [1.82, 2.24) is 4.98 Å². The summed E-state index contributed by atoms with van der Waals surface area (Å²) in [6.07, 6.45) is 1.72. The molecule has 2 N–H and O–H groups in total. The third-order valence-electron chi connectivity index (χ3n) is 1.87. The van der Waals surface area contributed by atoms with Crippen molar-refractivity contribution in [2.75, 3.05) is 13.2 Å². The van der Waals surface area contributed by atoms with Crippen LogP contribution < -0.4 is 5.73 Å². The van der Waals surface area contributed by atoms with E-state index in [0.717, 1.165) is 5.69 Å². The summed E-state index contributed by atoms with van der Waals surface area (Å²) >= 11 is 0. The molecule has 0 bridgehead atoms. The first-order valence-electron chi connectivity index (χ1n) is 4.22. The molecule has 1 aliphatic heterocycles. The third kappa shape index (κ3) is 1.67. The average molecular weight is 177 g/mol. The summed E-state index contributed by atoms with van der Waals surface area (Å²) in [7, 11) is 0. The smallest absolute Gasteiger partial charge is 0.235 e. The Morgan fingerprint density at radius 1 is 1.54 bits per heavy atom. The molecule has 0 fully saturated rings. The van der Waals surface area contributed by atoms with Crippen LogP contribution in [0.4, 0.5) is 0 Å². The predicted octanol–water partition coefficient (Wildman–Crippen LogP) is 0.186. The standard InChI is InChI=1S/C9H11N3O/c10-5-7-6-13-9(12-7)8-3-1-2-4-11-8/h1-4,7H,5-6,10H2/t7-/m0/s1. The van der Waals surface area contributed by atoms with Crippen LogP contribution in [-0.2, 0) is 4.74 Å². The van der Waals surface area contributed by atoms with Crippen molar-refractivity contribution < 1.29 is 4.74 Å². The summed E-state index contributed by atoms with van der Waals surface area (Å²) in [4.78, 5) is 8.42. The SMILES string of the molecule is NC[C@H]1COC(c2ccccn2)=N1. The molecule has 0 amide bonds. The van der Waals surface area contributed by atoms with Gasteiger partial charge in [0.1, 0.15) is 18.3 Å². The number of hydrogen-bond acceptors (Lipinski definition) is 4. The van der Waals surface area contributed by atoms with Gasteiger partial charge in [0.2, 0.25) is 5.90 Å². The number of aromatic nitrogens is 1. The van der Waals surface area contributed by atoms with Gasteiger partial charge >= 0.3 is 0 Å². The highest BCUT2D eigenvalue weighted by Crippen LogP contribution is 2.08. The first-order chi connectivity index (χ1) is 6.40. The third-order valence-corrected chi connectivity index (χ3v) is 1.87. The van der Waals surface area contributed by atoms with Crippen LogP contribution in [-0.4, -0.2) is 30.1 Å². The molecule has 13 heavy (non-hydrogen) atoms. The van der Waals surface area contributed by atoms with Gasteiger partial charge in [0, 0.05) is 12.7 Å². The first-order valence-corrected chi connectivity index (χ1v) is 4.22. The number of hydrogen-bond donors (Lipinski definition) is 1. The van der Waals surface area contributed by atoms with E-state index in [4.69, 9.17) is 10.5 Å². The molecule has 1 aromatic heterocycles. The van der Waals surface area contributed by atoms with Crippen LogP contribution in [0, 0.1) is 0 Å². The van der Waals surface area contributed by atoms with Crippen LogP contribution in [0.5, 0.6) is 0 Å². The summed E-state index contributed by atoms with van der Waals surface area (Å²) in [5.74, 6) is 0.607. The molecular formula is C9H11N3O. The maximum absolute atomic E-state index is 5.47. The number of nitrogens with zero attached hydrogens (tertiary/aromatic N) is 2. The normalized spacial score (nSPS) is 21.0. The van der Waals surface area contributed by atoms with E-state index in [1.807, 2.05) is 18.2 Å². The molecule has 4 heteroatoms. The quantitative estimate of drug-likeness (QED) is 0.701. The minimum Gasteiger partial charge on any atom is -0.474 e. The molecule has 1 atom stereocenters. The van der Waals surface area contributed by atoms with Crippen LogP contribution in [0.2, 0.25) is 0 Å². The molecule has 2 rings (SSSR count). The van der Waals surface area contributed by atoms with Crippen molar-refractivity contribution in [1.29, 1.82) is 0 Å². The van der Waals surface area contributed by atoms with Gasteiger partial charge < -0.3 is 10.5 Å². The minimum absolute atomic E-state index is 0.0945.